The van der Waals surface area contributed by atoms with Crippen LogP contribution in [0.3, 0.4) is 0 Å². The van der Waals surface area contributed by atoms with Crippen molar-refractivity contribution in [3.8, 4) is 23.3 Å². The summed E-state index contributed by atoms with van der Waals surface area (Å²) in [4.78, 5) is 12.3. The summed E-state index contributed by atoms with van der Waals surface area (Å²) < 4.78 is 17.1. The molecule has 0 unspecified atom stereocenters. The lowest BCUT2D eigenvalue weighted by molar-refractivity contribution is 0.0955. The fraction of sp³-hybridized carbons (Fsp3) is 0.222. The van der Waals surface area contributed by atoms with Crippen molar-refractivity contribution in [2.24, 2.45) is 5.10 Å². The van der Waals surface area contributed by atoms with Gasteiger partial charge in [-0.3, -0.25) is 4.79 Å². The number of nitrogens with one attached hydrogen (secondary N) is 1. The van der Waals surface area contributed by atoms with Crippen LogP contribution in [0.5, 0.6) is 17.2 Å². The Morgan fingerprint density at radius 2 is 1.74 bits per heavy atom. The van der Waals surface area contributed by atoms with Crippen LogP contribution in [0.1, 0.15) is 47.3 Å². The zero-order chi connectivity index (χ0) is 24.2. The minimum absolute atomic E-state index is 0.314. The summed E-state index contributed by atoms with van der Waals surface area (Å²) in [6.07, 6.45) is 2.47. The number of hydrazone groups is 1. The van der Waals surface area contributed by atoms with E-state index >= 15 is 0 Å². The summed E-state index contributed by atoms with van der Waals surface area (Å²) in [6.45, 7) is 5.39. The maximum absolute atomic E-state index is 12.3. The van der Waals surface area contributed by atoms with Crippen LogP contribution in [0.15, 0.2) is 71.8 Å². The number of hydrogen-bond donors (Lipinski definition) is 1. The van der Waals surface area contributed by atoms with E-state index < -0.39 is 0 Å². The molecule has 1 N–H and O–H groups in total. The Kier molecular flexibility index (Phi) is 9.06. The van der Waals surface area contributed by atoms with Gasteiger partial charge in [0.2, 0.25) is 0 Å². The number of ether oxygens (including phenoxy) is 3. The molecule has 0 radical (unpaired) electrons. The largest absolute Gasteiger partial charge is 0.494 e. The highest BCUT2D eigenvalue weighted by Gasteiger charge is 2.08. The zero-order valence-electron chi connectivity index (χ0n) is 19.3. The fourth-order valence-corrected chi connectivity index (χ4v) is 2.98. The van der Waals surface area contributed by atoms with Crippen LogP contribution in [0, 0.1) is 11.3 Å². The number of carbonyl (C=O) groups is 1. The van der Waals surface area contributed by atoms with Gasteiger partial charge in [0.15, 0.2) is 11.5 Å². The third-order valence-electron chi connectivity index (χ3n) is 4.71. The number of nitrogens with zero attached hydrogens (tertiary/aromatic N) is 2. The molecule has 3 aromatic carbocycles. The van der Waals surface area contributed by atoms with E-state index in [4.69, 9.17) is 19.5 Å². The molecule has 7 heteroatoms. The number of rotatable bonds is 11. The third-order valence-corrected chi connectivity index (χ3v) is 4.71. The van der Waals surface area contributed by atoms with Crippen LogP contribution in [-0.2, 0) is 6.61 Å². The van der Waals surface area contributed by atoms with E-state index in [9.17, 15) is 4.79 Å². The minimum atomic E-state index is -0.314. The second-order valence-corrected chi connectivity index (χ2v) is 7.31. The van der Waals surface area contributed by atoms with Crippen molar-refractivity contribution in [2.45, 2.75) is 26.9 Å². The quantitative estimate of drug-likeness (QED) is 0.320. The van der Waals surface area contributed by atoms with Gasteiger partial charge in [0.05, 0.1) is 31.1 Å². The van der Waals surface area contributed by atoms with Crippen molar-refractivity contribution in [3.05, 3.63) is 89.0 Å². The average Bonchev–Trinajstić information content (AvgIpc) is 2.87. The Bertz CT molecular complexity index is 1150. The van der Waals surface area contributed by atoms with Crippen molar-refractivity contribution >= 4 is 12.1 Å². The maximum Gasteiger partial charge on any atom is 0.271 e. The van der Waals surface area contributed by atoms with Crippen molar-refractivity contribution in [1.29, 1.82) is 5.26 Å². The van der Waals surface area contributed by atoms with E-state index in [0.29, 0.717) is 42.4 Å². The first kappa shape index (κ1) is 24.3. The number of hydrogen-bond acceptors (Lipinski definition) is 6. The third kappa shape index (κ3) is 7.10. The van der Waals surface area contributed by atoms with Gasteiger partial charge in [0.25, 0.3) is 5.91 Å². The predicted molar refractivity (Wildman–Crippen MR) is 130 cm³/mol. The Balaban J connectivity index is 1.60. The normalized spacial score (nSPS) is 10.5. The van der Waals surface area contributed by atoms with Gasteiger partial charge in [-0.05, 0) is 79.1 Å². The van der Waals surface area contributed by atoms with Gasteiger partial charge in [-0.1, -0.05) is 19.1 Å². The Hall–Kier alpha value is -4.31. The standard InChI is InChI=1S/C27H27N3O4/c1-3-15-33-24-12-10-23(11-13-24)27(31)30-29-18-22-9-14-25(26(16-22)32-4-2)34-19-21-7-5-20(17-28)6-8-21/h5-14,16,18H,3-4,15,19H2,1-2H3,(H,30,31)/b29-18+. The molecule has 0 aliphatic rings. The number of carbonyl (C=O) groups excluding carboxylic acids is 1. The molecule has 0 aromatic heterocycles. The molecule has 0 saturated heterocycles. The van der Waals surface area contributed by atoms with Gasteiger partial charge in [-0.2, -0.15) is 10.4 Å². The zero-order valence-corrected chi connectivity index (χ0v) is 19.3. The first-order chi connectivity index (χ1) is 16.6. The highest BCUT2D eigenvalue weighted by Crippen LogP contribution is 2.29. The van der Waals surface area contributed by atoms with Crippen LogP contribution in [-0.4, -0.2) is 25.3 Å². The lowest BCUT2D eigenvalue weighted by Gasteiger charge is -2.12. The average molecular weight is 458 g/mol. The number of amides is 1. The van der Waals surface area contributed by atoms with E-state index in [0.717, 1.165) is 23.3 Å². The van der Waals surface area contributed by atoms with Crippen LogP contribution >= 0.6 is 0 Å². The van der Waals surface area contributed by atoms with Gasteiger partial charge in [0, 0.05) is 5.56 Å². The Morgan fingerprint density at radius 3 is 2.41 bits per heavy atom. The molecular weight excluding hydrogens is 430 g/mol. The van der Waals surface area contributed by atoms with Gasteiger partial charge in [-0.25, -0.2) is 5.43 Å². The minimum Gasteiger partial charge on any atom is -0.494 e. The molecule has 0 saturated carbocycles. The second-order valence-electron chi connectivity index (χ2n) is 7.31. The molecule has 0 aliphatic carbocycles. The first-order valence-corrected chi connectivity index (χ1v) is 11.1. The molecule has 34 heavy (non-hydrogen) atoms. The summed E-state index contributed by atoms with van der Waals surface area (Å²) in [5.41, 5.74) is 5.31. The molecule has 0 spiro atoms. The van der Waals surface area contributed by atoms with Crippen molar-refractivity contribution in [1.82, 2.24) is 5.43 Å². The summed E-state index contributed by atoms with van der Waals surface area (Å²) in [7, 11) is 0. The monoisotopic (exact) mass is 457 g/mol. The number of nitriles is 1. The van der Waals surface area contributed by atoms with E-state index in [2.05, 4.69) is 16.6 Å². The van der Waals surface area contributed by atoms with Crippen LogP contribution in [0.2, 0.25) is 0 Å². The van der Waals surface area contributed by atoms with Gasteiger partial charge in [-0.15, -0.1) is 0 Å². The molecule has 0 atom stereocenters. The van der Waals surface area contributed by atoms with Crippen LogP contribution in [0.25, 0.3) is 0 Å². The summed E-state index contributed by atoms with van der Waals surface area (Å²) in [5.74, 6) is 1.59. The second kappa shape index (κ2) is 12.7. The first-order valence-electron chi connectivity index (χ1n) is 11.1. The van der Waals surface area contributed by atoms with Gasteiger partial charge >= 0.3 is 0 Å². The number of benzene rings is 3. The molecule has 0 fully saturated rings. The molecule has 1 amide bonds. The predicted octanol–water partition coefficient (Wildman–Crippen LogP) is 5.09. The molecule has 7 nitrogen and oxygen atoms in total. The molecule has 3 aromatic rings. The SMILES string of the molecule is CCCOc1ccc(C(=O)N/N=C/c2ccc(OCc3ccc(C#N)cc3)c(OCC)c2)cc1. The van der Waals surface area contributed by atoms with E-state index in [1.807, 2.05) is 32.0 Å². The molecule has 0 bridgehead atoms. The Labute approximate surface area is 199 Å². The van der Waals surface area contributed by atoms with Crippen molar-refractivity contribution in [3.63, 3.8) is 0 Å². The van der Waals surface area contributed by atoms with E-state index in [1.54, 1.807) is 54.7 Å². The van der Waals surface area contributed by atoms with E-state index in [1.165, 1.54) is 0 Å². The lowest BCUT2D eigenvalue weighted by Crippen LogP contribution is -2.17. The van der Waals surface area contributed by atoms with Crippen molar-refractivity contribution < 1.29 is 19.0 Å². The topological polar surface area (TPSA) is 92.9 Å². The Morgan fingerprint density at radius 1 is 0.971 bits per heavy atom. The van der Waals surface area contributed by atoms with E-state index in [-0.39, 0.29) is 5.91 Å². The molecule has 0 heterocycles. The maximum atomic E-state index is 12.3. The smallest absolute Gasteiger partial charge is 0.271 e. The van der Waals surface area contributed by atoms with Crippen LogP contribution < -0.4 is 19.6 Å². The lowest BCUT2D eigenvalue weighted by atomic mass is 10.1. The molecule has 174 valence electrons. The van der Waals surface area contributed by atoms with Crippen molar-refractivity contribution in [2.75, 3.05) is 13.2 Å². The summed E-state index contributed by atoms with van der Waals surface area (Å²) >= 11 is 0. The molecular formula is C27H27N3O4. The highest BCUT2D eigenvalue weighted by atomic mass is 16.5. The summed E-state index contributed by atoms with van der Waals surface area (Å²) in [5, 5.41) is 13.0. The fourth-order valence-electron chi connectivity index (χ4n) is 2.98. The van der Waals surface area contributed by atoms with Crippen LogP contribution in [0.4, 0.5) is 0 Å². The van der Waals surface area contributed by atoms with Gasteiger partial charge < -0.3 is 14.2 Å². The molecule has 3 rings (SSSR count). The summed E-state index contributed by atoms with van der Waals surface area (Å²) in [6, 6.07) is 21.7. The highest BCUT2D eigenvalue weighted by molar-refractivity contribution is 5.95. The van der Waals surface area contributed by atoms with Gasteiger partial charge in [0.1, 0.15) is 12.4 Å². The molecule has 0 aliphatic heterocycles.